The van der Waals surface area contributed by atoms with Crippen LogP contribution in [0.5, 0.6) is 0 Å². The minimum Gasteiger partial charge on any atom is -0.316 e. The molecule has 0 spiro atoms. The molecule has 0 saturated carbocycles. The van der Waals surface area contributed by atoms with Crippen molar-refractivity contribution in [3.8, 4) is 0 Å². The highest BCUT2D eigenvalue weighted by atomic mass is 16.5. The lowest BCUT2D eigenvalue weighted by Crippen LogP contribution is -3.25. The Morgan fingerprint density at radius 2 is 0.829 bits per heavy atom. The van der Waals surface area contributed by atoms with Gasteiger partial charge < -0.3 is 16.0 Å². The third-order valence-electron chi connectivity index (χ3n) is 8.54. The summed E-state index contributed by atoms with van der Waals surface area (Å²) in [6, 6.07) is 0.855. The fourth-order valence-electron chi connectivity index (χ4n) is 6.82. The van der Waals surface area contributed by atoms with E-state index in [1.165, 1.54) is 0 Å². The Morgan fingerprint density at radius 3 is 1.09 bits per heavy atom. The van der Waals surface area contributed by atoms with Gasteiger partial charge >= 0.3 is 0 Å². The van der Waals surface area contributed by atoms with Crippen LogP contribution in [0.4, 0.5) is 0 Å². The summed E-state index contributed by atoms with van der Waals surface area (Å²) >= 11 is 0. The Hall–Kier alpha value is -0.280. The minimum atomic E-state index is -0.141. The fraction of sp³-hybridized carbons (Fsp3) is 1.00. The van der Waals surface area contributed by atoms with Crippen LogP contribution in [0.25, 0.3) is 0 Å². The second kappa shape index (κ2) is 10.5. The molecule has 0 aromatic rings. The number of hydrogen-bond donors (Lipinski definition) is 7. The van der Waals surface area contributed by atoms with E-state index in [2.05, 4.69) is 99.0 Å². The van der Waals surface area contributed by atoms with Crippen LogP contribution in [0.3, 0.4) is 0 Å². The zero-order chi connectivity index (χ0) is 27.1. The number of hydroxylamine groups is 4. The molecule has 2 rings (SSSR count). The smallest absolute Gasteiger partial charge is 0.123 e. The van der Waals surface area contributed by atoms with Gasteiger partial charge in [-0.15, -0.1) is 0 Å². The monoisotopic (exact) mass is 499 g/mol. The molecule has 0 unspecified atom stereocenters. The van der Waals surface area contributed by atoms with Crippen LogP contribution >= 0.6 is 0 Å². The molecule has 2 aliphatic heterocycles. The van der Waals surface area contributed by atoms with E-state index in [4.69, 9.17) is 0 Å². The first-order valence-electron chi connectivity index (χ1n) is 13.9. The van der Waals surface area contributed by atoms with Gasteiger partial charge in [-0.25, -0.2) is 10.4 Å². The summed E-state index contributed by atoms with van der Waals surface area (Å²) in [6.45, 7) is 30.5. The maximum Gasteiger partial charge on any atom is 0.123 e. The van der Waals surface area contributed by atoms with Gasteiger partial charge in [0.05, 0.1) is 0 Å². The molecule has 2 aliphatic rings. The van der Waals surface area contributed by atoms with Crippen molar-refractivity contribution in [2.75, 3.05) is 26.2 Å². The van der Waals surface area contributed by atoms with Gasteiger partial charge in [-0.1, -0.05) is 27.7 Å². The molecule has 2 heterocycles. The first-order valence-corrected chi connectivity index (χ1v) is 13.9. The SMILES string of the molecule is CC(C)(CNCC(C)(C)CNC1CC(C)(C)[NH+](O)C(C)(C)C1)CNC1CC(C)(C)[NH+](O)C(C)(C)C1. The van der Waals surface area contributed by atoms with Gasteiger partial charge in [0.1, 0.15) is 22.2 Å². The van der Waals surface area contributed by atoms with Crippen molar-refractivity contribution < 1.29 is 20.5 Å². The average molecular weight is 500 g/mol. The van der Waals surface area contributed by atoms with Crippen molar-refractivity contribution in [3.05, 3.63) is 0 Å². The highest BCUT2D eigenvalue weighted by Gasteiger charge is 2.50. The Labute approximate surface area is 216 Å². The van der Waals surface area contributed by atoms with Gasteiger partial charge in [-0.3, -0.25) is 0 Å². The average Bonchev–Trinajstić information content (AvgIpc) is 2.66. The zero-order valence-electron chi connectivity index (χ0n) is 25.2. The van der Waals surface area contributed by atoms with Crippen LogP contribution in [0, 0.1) is 10.8 Å². The van der Waals surface area contributed by atoms with Gasteiger partial charge in [0, 0.05) is 63.9 Å². The van der Waals surface area contributed by atoms with E-state index in [1.807, 2.05) is 0 Å². The topological polar surface area (TPSA) is 85.4 Å². The summed E-state index contributed by atoms with van der Waals surface area (Å²) in [5.41, 5.74) is -0.273. The van der Waals surface area contributed by atoms with E-state index in [-0.39, 0.29) is 33.0 Å². The van der Waals surface area contributed by atoms with Crippen LogP contribution in [0.2, 0.25) is 0 Å². The number of nitrogens with one attached hydrogen (secondary N) is 5. The van der Waals surface area contributed by atoms with Crippen LogP contribution < -0.4 is 26.1 Å². The predicted molar refractivity (Wildman–Crippen MR) is 144 cm³/mol. The minimum absolute atomic E-state index is 0.141. The summed E-state index contributed by atoms with van der Waals surface area (Å²) in [6.07, 6.45) is 3.92. The van der Waals surface area contributed by atoms with Crippen LogP contribution in [-0.2, 0) is 0 Å². The fourth-order valence-corrected chi connectivity index (χ4v) is 6.82. The lowest BCUT2D eigenvalue weighted by Gasteiger charge is -2.48. The molecule has 35 heavy (non-hydrogen) atoms. The molecule has 0 bridgehead atoms. The summed E-state index contributed by atoms with van der Waals surface area (Å²) in [5, 5.41) is 34.0. The summed E-state index contributed by atoms with van der Waals surface area (Å²) in [7, 11) is 0. The second-order valence-corrected chi connectivity index (χ2v) is 16.1. The van der Waals surface area contributed by atoms with E-state index in [0.717, 1.165) is 51.9 Å². The number of quaternary nitrogens is 2. The van der Waals surface area contributed by atoms with Crippen LogP contribution in [0.15, 0.2) is 0 Å². The van der Waals surface area contributed by atoms with Crippen molar-refractivity contribution in [1.82, 2.24) is 16.0 Å². The largest absolute Gasteiger partial charge is 0.316 e. The summed E-state index contributed by atoms with van der Waals surface area (Å²) < 4.78 is 0. The molecule has 7 nitrogen and oxygen atoms in total. The van der Waals surface area contributed by atoms with Gasteiger partial charge in [0.15, 0.2) is 0 Å². The van der Waals surface area contributed by atoms with E-state index >= 15 is 0 Å². The normalized spacial score (nSPS) is 32.4. The Balaban J connectivity index is 1.78. The van der Waals surface area contributed by atoms with Gasteiger partial charge in [-0.05, 0) is 66.2 Å². The molecule has 7 N–H and O–H groups in total. The molecule has 0 aromatic heterocycles. The second-order valence-electron chi connectivity index (χ2n) is 16.1. The van der Waals surface area contributed by atoms with E-state index < -0.39 is 0 Å². The molecule has 208 valence electrons. The third-order valence-corrected chi connectivity index (χ3v) is 8.54. The van der Waals surface area contributed by atoms with Gasteiger partial charge in [-0.2, -0.15) is 10.1 Å². The summed E-state index contributed by atoms with van der Waals surface area (Å²) in [4.78, 5) is 0. The molecule has 2 saturated heterocycles. The maximum absolute atomic E-state index is 10.7. The van der Waals surface area contributed by atoms with Crippen LogP contribution in [-0.4, -0.2) is 70.8 Å². The van der Waals surface area contributed by atoms with Crippen molar-refractivity contribution in [2.45, 2.75) is 143 Å². The molecular formula is C28H61N5O2+2. The molecule has 0 radical (unpaired) electrons. The first-order chi connectivity index (χ1) is 15.6. The third kappa shape index (κ3) is 8.36. The van der Waals surface area contributed by atoms with Crippen LogP contribution in [0.1, 0.15) is 109 Å². The number of piperidine rings is 2. The van der Waals surface area contributed by atoms with Crippen molar-refractivity contribution >= 4 is 0 Å². The summed E-state index contributed by atoms with van der Waals surface area (Å²) in [5.74, 6) is 0. The molecular weight excluding hydrogens is 438 g/mol. The Morgan fingerprint density at radius 1 is 0.571 bits per heavy atom. The Bertz CT molecular complexity index is 607. The van der Waals surface area contributed by atoms with E-state index in [1.54, 1.807) is 0 Å². The van der Waals surface area contributed by atoms with Gasteiger partial charge in [0.25, 0.3) is 0 Å². The first kappa shape index (κ1) is 30.9. The van der Waals surface area contributed by atoms with E-state index in [0.29, 0.717) is 22.2 Å². The molecule has 7 heteroatoms. The van der Waals surface area contributed by atoms with Crippen molar-refractivity contribution in [1.29, 1.82) is 0 Å². The molecule has 2 fully saturated rings. The van der Waals surface area contributed by atoms with Crippen molar-refractivity contribution in [3.63, 3.8) is 0 Å². The molecule has 0 aromatic carbocycles. The highest BCUT2D eigenvalue weighted by Crippen LogP contribution is 2.26. The van der Waals surface area contributed by atoms with E-state index in [9.17, 15) is 10.4 Å². The quantitative estimate of drug-likeness (QED) is 0.249. The zero-order valence-corrected chi connectivity index (χ0v) is 25.2. The molecule has 0 atom stereocenters. The van der Waals surface area contributed by atoms with Crippen molar-refractivity contribution in [2.24, 2.45) is 10.8 Å². The molecule has 0 amide bonds. The number of rotatable bonds is 10. The Kier molecular flexibility index (Phi) is 9.26. The lowest BCUT2D eigenvalue weighted by atomic mass is 9.78. The standard InChI is InChI=1S/C28H59N5O2/c1-23(2,19-30-21-13-25(5,6)32(34)26(7,8)14-21)17-29-18-24(3,4)20-31-22-15-27(9,10)33(35)28(11,12)16-22/h21-22,29-31,34-35H,13-20H2,1-12H3/p+2. The predicted octanol–water partition coefficient (Wildman–Crippen LogP) is 1.80. The lowest BCUT2D eigenvalue weighted by molar-refractivity contribution is -1.16. The molecule has 0 aliphatic carbocycles. The highest BCUT2D eigenvalue weighted by molar-refractivity contribution is 4.91. The maximum atomic E-state index is 10.7. The number of hydrogen-bond acceptors (Lipinski definition) is 5. The van der Waals surface area contributed by atoms with Gasteiger partial charge in [0.2, 0.25) is 0 Å².